The Hall–Kier alpha value is -4.52. The summed E-state index contributed by atoms with van der Waals surface area (Å²) in [6.45, 7) is 0.450. The number of hydrogen-bond acceptors (Lipinski definition) is 7. The molecular weight excluding hydrogens is 551 g/mol. The molecule has 2 amide bonds. The number of nitrogen functional groups attached to an aromatic ring is 1. The number of imidazole rings is 1. The molecule has 3 fully saturated rings. The van der Waals surface area contributed by atoms with Crippen LogP contribution < -0.4 is 11.1 Å². The number of hydrogen-bond donors (Lipinski definition) is 3. The van der Waals surface area contributed by atoms with Crippen molar-refractivity contribution < 1.29 is 27.9 Å². The van der Waals surface area contributed by atoms with Crippen molar-refractivity contribution in [2.24, 2.45) is 5.41 Å². The van der Waals surface area contributed by atoms with E-state index in [4.69, 9.17) is 10.7 Å². The van der Waals surface area contributed by atoms with Gasteiger partial charge in [-0.2, -0.15) is 13.2 Å². The third-order valence-electron chi connectivity index (χ3n) is 8.76. The van der Waals surface area contributed by atoms with Crippen LogP contribution in [0.4, 0.5) is 24.8 Å². The Labute approximate surface area is 237 Å². The Balaban J connectivity index is 1.16. The van der Waals surface area contributed by atoms with Crippen molar-refractivity contribution in [3.8, 4) is 11.3 Å². The first-order valence-electron chi connectivity index (χ1n) is 13.6. The normalized spacial score (nSPS) is 22.9. The van der Waals surface area contributed by atoms with E-state index in [-0.39, 0.29) is 35.1 Å². The molecule has 1 saturated carbocycles. The zero-order chi connectivity index (χ0) is 29.4. The maximum atomic E-state index is 13.1. The minimum absolute atomic E-state index is 0.0289. The highest BCUT2D eigenvalue weighted by molar-refractivity contribution is 6.04. The number of aliphatic hydroxyl groups is 1. The van der Waals surface area contributed by atoms with Gasteiger partial charge in [-0.3, -0.25) is 14.0 Å². The average Bonchev–Trinajstić information content (AvgIpc) is 3.65. The minimum Gasteiger partial charge on any atom is -0.390 e. The van der Waals surface area contributed by atoms with Crippen LogP contribution in [0.25, 0.3) is 16.8 Å². The Bertz CT molecular complexity index is 1730. The molecule has 2 aliphatic heterocycles. The number of nitrogens with one attached hydrogen (secondary N) is 1. The van der Waals surface area contributed by atoms with E-state index < -0.39 is 29.2 Å². The summed E-state index contributed by atoms with van der Waals surface area (Å²) < 4.78 is 41.0. The van der Waals surface area contributed by atoms with Gasteiger partial charge in [0, 0.05) is 42.2 Å². The van der Waals surface area contributed by atoms with Crippen LogP contribution in [0.15, 0.2) is 55.0 Å². The van der Waals surface area contributed by atoms with Gasteiger partial charge in [-0.25, -0.2) is 15.0 Å². The largest absolute Gasteiger partial charge is 0.416 e. The Morgan fingerprint density at radius 2 is 1.86 bits per heavy atom. The number of carbonyl (C=O) groups excluding carboxylic acids is 2. The summed E-state index contributed by atoms with van der Waals surface area (Å²) >= 11 is 0. The number of amides is 2. The van der Waals surface area contributed by atoms with E-state index in [0.29, 0.717) is 29.7 Å². The minimum atomic E-state index is -4.56. The number of nitrogens with zero attached hydrogens (tertiary/aromatic N) is 5. The average molecular weight is 578 g/mol. The first kappa shape index (κ1) is 26.4. The van der Waals surface area contributed by atoms with E-state index in [0.717, 1.165) is 43.4 Å². The molecule has 216 valence electrons. The number of aromatic nitrogens is 4. The van der Waals surface area contributed by atoms with E-state index in [9.17, 15) is 27.9 Å². The third-order valence-corrected chi connectivity index (χ3v) is 8.76. The van der Waals surface area contributed by atoms with Gasteiger partial charge in [0.05, 0.1) is 23.1 Å². The molecule has 7 rings (SSSR count). The van der Waals surface area contributed by atoms with Gasteiger partial charge in [0.15, 0.2) is 0 Å². The van der Waals surface area contributed by atoms with Crippen LogP contribution >= 0.6 is 0 Å². The number of aliphatic hydroxyl groups excluding tert-OH is 1. The van der Waals surface area contributed by atoms with Crippen molar-refractivity contribution in [2.45, 2.75) is 49.9 Å². The summed E-state index contributed by atoms with van der Waals surface area (Å²) in [4.78, 5) is 40.7. The summed E-state index contributed by atoms with van der Waals surface area (Å²) in [5, 5.41) is 13.2. The smallest absolute Gasteiger partial charge is 0.390 e. The quantitative estimate of drug-likeness (QED) is 0.335. The molecule has 13 heteroatoms. The maximum Gasteiger partial charge on any atom is 0.416 e. The highest BCUT2D eigenvalue weighted by Gasteiger charge is 2.66. The zero-order valence-corrected chi connectivity index (χ0v) is 22.2. The molecule has 2 saturated heterocycles. The molecule has 1 aliphatic carbocycles. The van der Waals surface area contributed by atoms with Crippen molar-refractivity contribution >= 4 is 29.0 Å². The monoisotopic (exact) mass is 577 g/mol. The van der Waals surface area contributed by atoms with Gasteiger partial charge in [-0.05, 0) is 49.9 Å². The van der Waals surface area contributed by atoms with Crippen LogP contribution in [0.1, 0.15) is 53.3 Å². The number of nitrogens with two attached hydrogens (primary N) is 1. The molecule has 0 bridgehead atoms. The van der Waals surface area contributed by atoms with Crippen molar-refractivity contribution in [3.05, 3.63) is 71.9 Å². The van der Waals surface area contributed by atoms with Gasteiger partial charge in [0.2, 0.25) is 5.91 Å². The third kappa shape index (κ3) is 4.10. The fraction of sp³-hybridized carbons (Fsp3) is 0.345. The predicted octanol–water partition coefficient (Wildman–Crippen LogP) is 3.87. The number of rotatable bonds is 4. The van der Waals surface area contributed by atoms with Crippen molar-refractivity contribution in [1.29, 1.82) is 0 Å². The van der Waals surface area contributed by atoms with Crippen LogP contribution in [0, 0.1) is 5.41 Å². The standard InChI is InChI=1S/C29H26F3N7O3/c30-29(31,32)18-7-10-34-20(13-18)36-26(41)16-3-1-15(2-4-16)21-22-24(33)35-11-12-38(22)25(37-21)17-5-6-19-23(40)28(8-9-28)27(42)39(19)14-17/h1-4,7,10-13,17,19,23,40H,5-6,8-9,14H2,(H2,33,35)(H,34,36,41)/t17-,19+,23-/m1/s1. The van der Waals surface area contributed by atoms with Gasteiger partial charge >= 0.3 is 6.18 Å². The lowest BCUT2D eigenvalue weighted by molar-refractivity contribution is -0.137. The van der Waals surface area contributed by atoms with Crippen LogP contribution in [-0.2, 0) is 11.0 Å². The van der Waals surface area contributed by atoms with Crippen molar-refractivity contribution in [1.82, 2.24) is 24.3 Å². The Morgan fingerprint density at radius 1 is 1.10 bits per heavy atom. The van der Waals surface area contributed by atoms with E-state index in [1.54, 1.807) is 36.7 Å². The van der Waals surface area contributed by atoms with Crippen LogP contribution in [0.2, 0.25) is 0 Å². The number of fused-ring (bicyclic) bond motifs is 2. The van der Waals surface area contributed by atoms with Gasteiger partial charge in [0.1, 0.15) is 28.7 Å². The molecule has 3 atom stereocenters. The van der Waals surface area contributed by atoms with E-state index in [1.807, 2.05) is 9.30 Å². The molecule has 1 aromatic carbocycles. The predicted molar refractivity (Wildman–Crippen MR) is 145 cm³/mol. The van der Waals surface area contributed by atoms with Gasteiger partial charge in [0.25, 0.3) is 5.91 Å². The second kappa shape index (κ2) is 9.24. The first-order valence-corrected chi connectivity index (χ1v) is 13.6. The zero-order valence-electron chi connectivity index (χ0n) is 22.2. The molecule has 5 heterocycles. The summed E-state index contributed by atoms with van der Waals surface area (Å²) in [5.41, 5.74) is 6.79. The molecule has 3 aromatic heterocycles. The summed E-state index contributed by atoms with van der Waals surface area (Å²) in [6.07, 6.45) is 2.04. The van der Waals surface area contributed by atoms with E-state index in [1.165, 1.54) is 0 Å². The fourth-order valence-corrected chi connectivity index (χ4v) is 6.41. The second-order valence-corrected chi connectivity index (χ2v) is 11.2. The van der Waals surface area contributed by atoms with Crippen LogP contribution in [0.5, 0.6) is 0 Å². The molecule has 1 spiro atoms. The molecule has 0 unspecified atom stereocenters. The molecule has 3 aliphatic rings. The van der Waals surface area contributed by atoms with Crippen LogP contribution in [0.3, 0.4) is 0 Å². The lowest BCUT2D eigenvalue weighted by Crippen LogP contribution is -2.44. The number of anilines is 2. The topological polar surface area (TPSA) is 139 Å². The van der Waals surface area contributed by atoms with Gasteiger partial charge < -0.3 is 21.1 Å². The number of carbonyl (C=O) groups is 2. The Kier molecular flexibility index (Phi) is 5.81. The maximum absolute atomic E-state index is 13.1. The highest BCUT2D eigenvalue weighted by atomic mass is 19.4. The molecule has 0 radical (unpaired) electrons. The summed E-state index contributed by atoms with van der Waals surface area (Å²) in [5.74, 6) is 0.105. The second-order valence-electron chi connectivity index (χ2n) is 11.2. The van der Waals surface area contributed by atoms with Crippen molar-refractivity contribution in [3.63, 3.8) is 0 Å². The molecule has 4 aromatic rings. The number of piperidine rings is 1. The molecule has 4 N–H and O–H groups in total. The number of pyridine rings is 1. The molecular formula is C29H26F3N7O3. The Morgan fingerprint density at radius 3 is 2.57 bits per heavy atom. The van der Waals surface area contributed by atoms with Gasteiger partial charge in [-0.1, -0.05) is 12.1 Å². The SMILES string of the molecule is Nc1nccn2c([C@@H]3CC[C@H]4[C@@H](O)C5(CC5)C(=O)N4C3)nc(-c3ccc(C(=O)Nc4cc(C(F)(F)F)ccn4)cc3)c12. The van der Waals surface area contributed by atoms with E-state index >= 15 is 0 Å². The molecule has 10 nitrogen and oxygen atoms in total. The number of halogens is 3. The van der Waals surface area contributed by atoms with Crippen molar-refractivity contribution in [2.75, 3.05) is 17.6 Å². The highest BCUT2D eigenvalue weighted by Crippen LogP contribution is 2.58. The first-order chi connectivity index (χ1) is 20.1. The lowest BCUT2D eigenvalue weighted by atomic mass is 9.89. The summed E-state index contributed by atoms with van der Waals surface area (Å²) in [7, 11) is 0. The number of alkyl halides is 3. The van der Waals surface area contributed by atoms with Gasteiger partial charge in [-0.15, -0.1) is 0 Å². The van der Waals surface area contributed by atoms with Crippen LogP contribution in [-0.4, -0.2) is 59.9 Å². The van der Waals surface area contributed by atoms with E-state index in [2.05, 4.69) is 15.3 Å². The number of benzene rings is 1. The summed E-state index contributed by atoms with van der Waals surface area (Å²) in [6, 6.07) is 7.88. The fourth-order valence-electron chi connectivity index (χ4n) is 6.41. The molecule has 42 heavy (non-hydrogen) atoms. The lowest BCUT2D eigenvalue weighted by Gasteiger charge is -2.35.